The number of benzene rings is 2. The first-order valence-electron chi connectivity index (χ1n) is 8.10. The third-order valence-corrected chi connectivity index (χ3v) is 4.05. The summed E-state index contributed by atoms with van der Waals surface area (Å²) in [5.41, 5.74) is 1.56. The molecule has 6 nitrogen and oxygen atoms in total. The number of nitrogens with one attached hydrogen (secondary N) is 1. The molecule has 0 saturated carbocycles. The number of para-hydroxylation sites is 2. The van der Waals surface area contributed by atoms with Crippen LogP contribution in [-0.4, -0.2) is 35.1 Å². The fourth-order valence-corrected chi connectivity index (χ4v) is 2.72. The summed E-state index contributed by atoms with van der Waals surface area (Å²) in [5, 5.41) is 12.9. The first-order chi connectivity index (χ1) is 12.6. The number of carboxylic acid groups (broad SMARTS) is 1. The lowest BCUT2D eigenvalue weighted by atomic mass is 10.0. The molecule has 1 amide bonds. The van der Waals surface area contributed by atoms with Gasteiger partial charge in [0.2, 0.25) is 0 Å². The highest BCUT2D eigenvalue weighted by Gasteiger charge is 2.23. The van der Waals surface area contributed by atoms with Crippen LogP contribution < -0.4 is 10.1 Å². The van der Waals surface area contributed by atoms with Crippen molar-refractivity contribution >= 4 is 22.8 Å². The number of fused-ring (bicyclic) bond motifs is 1. The number of hydrogen-bond donors (Lipinski definition) is 2. The highest BCUT2D eigenvalue weighted by Crippen LogP contribution is 2.19. The van der Waals surface area contributed by atoms with Crippen LogP contribution in [0.1, 0.15) is 16.1 Å². The third-order valence-electron chi connectivity index (χ3n) is 4.05. The summed E-state index contributed by atoms with van der Waals surface area (Å²) < 4.78 is 5.25. The van der Waals surface area contributed by atoms with Crippen molar-refractivity contribution in [3.8, 4) is 5.75 Å². The Hall–Kier alpha value is -3.41. The SMILES string of the molecule is COc1ccccc1C[C@H](NC(=O)c1ccc2ccccc2n1)C(=O)O. The third kappa shape index (κ3) is 3.80. The zero-order chi connectivity index (χ0) is 18.5. The van der Waals surface area contributed by atoms with Crippen LogP contribution in [0.25, 0.3) is 10.9 Å². The summed E-state index contributed by atoms with van der Waals surface area (Å²) in [6, 6.07) is 16.8. The monoisotopic (exact) mass is 350 g/mol. The number of hydrogen-bond acceptors (Lipinski definition) is 4. The number of aliphatic carboxylic acids is 1. The summed E-state index contributed by atoms with van der Waals surface area (Å²) in [5.74, 6) is -1.07. The van der Waals surface area contributed by atoms with Gasteiger partial charge in [0.15, 0.2) is 0 Å². The zero-order valence-electron chi connectivity index (χ0n) is 14.2. The number of nitrogens with zero attached hydrogens (tertiary/aromatic N) is 1. The Kier molecular flexibility index (Phi) is 5.12. The van der Waals surface area contributed by atoms with E-state index in [9.17, 15) is 14.7 Å². The molecule has 0 aliphatic carbocycles. The topological polar surface area (TPSA) is 88.5 Å². The lowest BCUT2D eigenvalue weighted by molar-refractivity contribution is -0.139. The van der Waals surface area contributed by atoms with Crippen LogP contribution >= 0.6 is 0 Å². The molecule has 132 valence electrons. The molecule has 0 radical (unpaired) electrons. The largest absolute Gasteiger partial charge is 0.496 e. The van der Waals surface area contributed by atoms with Crippen LogP contribution in [-0.2, 0) is 11.2 Å². The van der Waals surface area contributed by atoms with Crippen LogP contribution in [0.4, 0.5) is 0 Å². The molecular formula is C20H18N2O4. The molecule has 0 unspecified atom stereocenters. The number of carbonyl (C=O) groups excluding carboxylic acids is 1. The molecule has 0 bridgehead atoms. The zero-order valence-corrected chi connectivity index (χ0v) is 14.2. The summed E-state index contributed by atoms with van der Waals surface area (Å²) >= 11 is 0. The molecule has 1 atom stereocenters. The fourth-order valence-electron chi connectivity index (χ4n) is 2.72. The molecule has 2 N–H and O–H groups in total. The van der Waals surface area contributed by atoms with Gasteiger partial charge in [-0.2, -0.15) is 0 Å². The number of rotatable bonds is 6. The van der Waals surface area contributed by atoms with Crippen molar-refractivity contribution in [2.75, 3.05) is 7.11 Å². The number of carbonyl (C=O) groups is 2. The van der Waals surface area contributed by atoms with E-state index in [0.717, 1.165) is 5.39 Å². The van der Waals surface area contributed by atoms with E-state index < -0.39 is 17.9 Å². The molecule has 26 heavy (non-hydrogen) atoms. The maximum atomic E-state index is 12.5. The second kappa shape index (κ2) is 7.65. The van der Waals surface area contributed by atoms with E-state index in [1.807, 2.05) is 18.2 Å². The van der Waals surface area contributed by atoms with Crippen LogP contribution in [0.2, 0.25) is 0 Å². The molecule has 3 aromatic rings. The van der Waals surface area contributed by atoms with Crippen LogP contribution in [0, 0.1) is 0 Å². The van der Waals surface area contributed by atoms with Gasteiger partial charge in [0, 0.05) is 11.8 Å². The van der Waals surface area contributed by atoms with E-state index in [-0.39, 0.29) is 12.1 Å². The van der Waals surface area contributed by atoms with Crippen molar-refractivity contribution < 1.29 is 19.4 Å². The van der Waals surface area contributed by atoms with Gasteiger partial charge in [-0.15, -0.1) is 0 Å². The summed E-state index contributed by atoms with van der Waals surface area (Å²) in [6.07, 6.45) is 0.110. The average Bonchev–Trinajstić information content (AvgIpc) is 2.67. The molecule has 2 aromatic carbocycles. The number of ether oxygens (including phenoxy) is 1. The summed E-state index contributed by atoms with van der Waals surface area (Å²) in [4.78, 5) is 28.4. The van der Waals surface area contributed by atoms with Gasteiger partial charge in [0.25, 0.3) is 5.91 Å². The Morgan fingerprint density at radius 3 is 2.58 bits per heavy atom. The molecule has 0 spiro atoms. The van der Waals surface area contributed by atoms with Crippen molar-refractivity contribution in [1.29, 1.82) is 0 Å². The molecule has 3 rings (SSSR count). The van der Waals surface area contributed by atoms with E-state index >= 15 is 0 Å². The summed E-state index contributed by atoms with van der Waals surface area (Å²) in [6.45, 7) is 0. The van der Waals surface area contributed by atoms with Gasteiger partial charge in [0.05, 0.1) is 12.6 Å². The molecule has 0 saturated heterocycles. The predicted octanol–water partition coefficient (Wildman–Crippen LogP) is 2.67. The molecule has 1 heterocycles. The number of carboxylic acids is 1. The van der Waals surface area contributed by atoms with E-state index in [1.54, 1.807) is 42.5 Å². The Labute approximate surface area is 150 Å². The van der Waals surface area contributed by atoms with Gasteiger partial charge in [-0.25, -0.2) is 9.78 Å². The van der Waals surface area contributed by atoms with Gasteiger partial charge in [0.1, 0.15) is 17.5 Å². The van der Waals surface area contributed by atoms with Crippen molar-refractivity contribution in [2.45, 2.75) is 12.5 Å². The first kappa shape index (κ1) is 17.4. The minimum atomic E-state index is -1.12. The quantitative estimate of drug-likeness (QED) is 0.713. The van der Waals surface area contributed by atoms with Crippen LogP contribution in [0.3, 0.4) is 0 Å². The number of methoxy groups -OCH3 is 1. The highest BCUT2D eigenvalue weighted by molar-refractivity contribution is 5.97. The minimum absolute atomic E-state index is 0.110. The van der Waals surface area contributed by atoms with E-state index in [2.05, 4.69) is 10.3 Å². The van der Waals surface area contributed by atoms with Crippen LogP contribution in [0.5, 0.6) is 5.75 Å². The fraction of sp³-hybridized carbons (Fsp3) is 0.150. The Morgan fingerprint density at radius 1 is 1.08 bits per heavy atom. The first-order valence-corrected chi connectivity index (χ1v) is 8.10. The normalized spacial score (nSPS) is 11.7. The van der Waals surface area contributed by atoms with Crippen molar-refractivity contribution in [1.82, 2.24) is 10.3 Å². The van der Waals surface area contributed by atoms with E-state index in [4.69, 9.17) is 4.74 Å². The number of aromatic nitrogens is 1. The van der Waals surface area contributed by atoms with Gasteiger partial charge < -0.3 is 15.2 Å². The minimum Gasteiger partial charge on any atom is -0.496 e. The Balaban J connectivity index is 1.80. The van der Waals surface area contributed by atoms with Gasteiger partial charge >= 0.3 is 5.97 Å². The molecule has 6 heteroatoms. The average molecular weight is 350 g/mol. The molecule has 0 fully saturated rings. The maximum absolute atomic E-state index is 12.5. The summed E-state index contributed by atoms with van der Waals surface area (Å²) in [7, 11) is 1.52. The Bertz CT molecular complexity index is 955. The number of pyridine rings is 1. The molecule has 1 aromatic heterocycles. The standard InChI is InChI=1S/C20H18N2O4/c1-26-18-9-5-3-7-14(18)12-17(20(24)25)22-19(23)16-11-10-13-6-2-4-8-15(13)21-16/h2-11,17H,12H2,1H3,(H,22,23)(H,24,25)/t17-/m0/s1. The highest BCUT2D eigenvalue weighted by atomic mass is 16.5. The predicted molar refractivity (Wildman–Crippen MR) is 97.3 cm³/mol. The van der Waals surface area contributed by atoms with Crippen LogP contribution in [0.15, 0.2) is 60.7 Å². The molecular weight excluding hydrogens is 332 g/mol. The second-order valence-electron chi connectivity index (χ2n) is 5.77. The van der Waals surface area contributed by atoms with Crippen molar-refractivity contribution in [3.63, 3.8) is 0 Å². The molecule has 0 aliphatic rings. The van der Waals surface area contributed by atoms with Gasteiger partial charge in [-0.1, -0.05) is 42.5 Å². The second-order valence-corrected chi connectivity index (χ2v) is 5.77. The van der Waals surface area contributed by atoms with Crippen molar-refractivity contribution in [2.24, 2.45) is 0 Å². The maximum Gasteiger partial charge on any atom is 0.326 e. The van der Waals surface area contributed by atoms with E-state index in [1.165, 1.54) is 7.11 Å². The van der Waals surface area contributed by atoms with Crippen molar-refractivity contribution in [3.05, 3.63) is 71.9 Å². The van der Waals surface area contributed by atoms with E-state index in [0.29, 0.717) is 16.8 Å². The van der Waals surface area contributed by atoms with Gasteiger partial charge in [-0.3, -0.25) is 4.79 Å². The molecule has 0 aliphatic heterocycles. The smallest absolute Gasteiger partial charge is 0.326 e. The Morgan fingerprint density at radius 2 is 1.81 bits per heavy atom. The number of amides is 1. The lowest BCUT2D eigenvalue weighted by Gasteiger charge is -2.16. The van der Waals surface area contributed by atoms with Gasteiger partial charge in [-0.05, 0) is 23.8 Å². The lowest BCUT2D eigenvalue weighted by Crippen LogP contribution is -2.42.